The topological polar surface area (TPSA) is 101 Å². The minimum atomic E-state index is -3.34. The molecule has 4 N–H and O–H groups in total. The molecule has 0 aliphatic heterocycles. The molecule has 21 heavy (non-hydrogen) atoms. The summed E-state index contributed by atoms with van der Waals surface area (Å²) in [5.74, 6) is -0.0843. The van der Waals surface area contributed by atoms with Gasteiger partial charge in [-0.2, -0.15) is 0 Å². The Bertz CT molecular complexity index is 622. The largest absolute Gasteiger partial charge is 0.329 e. The Morgan fingerprint density at radius 3 is 2.48 bits per heavy atom. The highest BCUT2D eigenvalue weighted by molar-refractivity contribution is 7.92. The summed E-state index contributed by atoms with van der Waals surface area (Å²) in [5, 5.41) is 2.85. The normalized spacial score (nSPS) is 17.4. The SMILES string of the molecule is CS(=O)(=O)Nc1cccc(NC(=O)C2(CN)CCCC2)c1. The third kappa shape index (κ3) is 3.95. The van der Waals surface area contributed by atoms with Crippen LogP contribution in [0.4, 0.5) is 11.4 Å². The van der Waals surface area contributed by atoms with Crippen LogP contribution in [0.3, 0.4) is 0 Å². The summed E-state index contributed by atoms with van der Waals surface area (Å²) >= 11 is 0. The number of rotatable bonds is 5. The van der Waals surface area contributed by atoms with E-state index in [0.29, 0.717) is 17.9 Å². The third-order valence-electron chi connectivity index (χ3n) is 3.86. The molecule has 7 heteroatoms. The van der Waals surface area contributed by atoms with Crippen LogP contribution in [0.1, 0.15) is 25.7 Å². The summed E-state index contributed by atoms with van der Waals surface area (Å²) in [7, 11) is -3.34. The van der Waals surface area contributed by atoms with Crippen LogP contribution in [0.2, 0.25) is 0 Å². The van der Waals surface area contributed by atoms with E-state index >= 15 is 0 Å². The van der Waals surface area contributed by atoms with E-state index in [-0.39, 0.29) is 5.91 Å². The molecular weight excluding hydrogens is 290 g/mol. The molecule has 1 amide bonds. The van der Waals surface area contributed by atoms with E-state index < -0.39 is 15.4 Å². The van der Waals surface area contributed by atoms with Crippen molar-refractivity contribution in [2.45, 2.75) is 25.7 Å². The van der Waals surface area contributed by atoms with Crippen molar-refractivity contribution in [2.24, 2.45) is 11.1 Å². The van der Waals surface area contributed by atoms with Crippen LogP contribution in [-0.2, 0) is 14.8 Å². The lowest BCUT2D eigenvalue weighted by molar-refractivity contribution is -0.124. The van der Waals surface area contributed by atoms with Crippen LogP contribution >= 0.6 is 0 Å². The van der Waals surface area contributed by atoms with Crippen LogP contribution in [-0.4, -0.2) is 27.1 Å². The fourth-order valence-electron chi connectivity index (χ4n) is 2.71. The molecule has 0 heterocycles. The lowest BCUT2D eigenvalue weighted by atomic mass is 9.85. The van der Waals surface area contributed by atoms with E-state index in [2.05, 4.69) is 10.0 Å². The second kappa shape index (κ2) is 6.03. The highest BCUT2D eigenvalue weighted by Gasteiger charge is 2.39. The van der Waals surface area contributed by atoms with E-state index in [1.165, 1.54) is 0 Å². The Hall–Kier alpha value is -1.60. The van der Waals surface area contributed by atoms with Gasteiger partial charge in [-0.05, 0) is 31.0 Å². The average Bonchev–Trinajstić information content (AvgIpc) is 2.87. The molecule has 1 aromatic rings. The van der Waals surface area contributed by atoms with Crippen LogP contribution < -0.4 is 15.8 Å². The van der Waals surface area contributed by atoms with E-state index in [9.17, 15) is 13.2 Å². The zero-order chi connectivity index (χ0) is 15.5. The molecular formula is C14H21N3O3S. The molecule has 1 aromatic carbocycles. The van der Waals surface area contributed by atoms with Gasteiger partial charge >= 0.3 is 0 Å². The molecule has 0 saturated heterocycles. The van der Waals surface area contributed by atoms with Crippen molar-refractivity contribution in [3.05, 3.63) is 24.3 Å². The standard InChI is InChI=1S/C14H21N3O3S/c1-21(19,20)17-12-6-4-5-11(9-12)16-13(18)14(10-15)7-2-3-8-14/h4-6,9,17H,2-3,7-8,10,15H2,1H3,(H,16,18). The van der Waals surface area contributed by atoms with Crippen LogP contribution in [0.5, 0.6) is 0 Å². The summed E-state index contributed by atoms with van der Waals surface area (Å²) < 4.78 is 24.8. The first kappa shape index (κ1) is 15.8. The van der Waals surface area contributed by atoms with Gasteiger partial charge in [0, 0.05) is 12.2 Å². The maximum absolute atomic E-state index is 12.4. The number of nitrogens with one attached hydrogen (secondary N) is 2. The first-order valence-electron chi connectivity index (χ1n) is 6.94. The molecule has 1 fully saturated rings. The summed E-state index contributed by atoms with van der Waals surface area (Å²) in [6.45, 7) is 0.333. The number of amides is 1. The fraction of sp³-hybridized carbons (Fsp3) is 0.500. The van der Waals surface area contributed by atoms with Gasteiger partial charge in [-0.3, -0.25) is 9.52 Å². The molecule has 6 nitrogen and oxygen atoms in total. The van der Waals surface area contributed by atoms with Gasteiger partial charge in [0.15, 0.2) is 0 Å². The molecule has 116 valence electrons. The van der Waals surface area contributed by atoms with E-state index in [1.54, 1.807) is 24.3 Å². The number of carbonyl (C=O) groups is 1. The zero-order valence-corrected chi connectivity index (χ0v) is 12.9. The predicted octanol–water partition coefficient (Wildman–Crippen LogP) is 1.52. The quantitative estimate of drug-likeness (QED) is 0.767. The van der Waals surface area contributed by atoms with E-state index in [1.807, 2.05) is 0 Å². The minimum absolute atomic E-state index is 0.0843. The molecule has 0 atom stereocenters. The van der Waals surface area contributed by atoms with Gasteiger partial charge in [0.05, 0.1) is 17.4 Å². The highest BCUT2D eigenvalue weighted by Crippen LogP contribution is 2.38. The second-order valence-electron chi connectivity index (χ2n) is 5.60. The number of benzene rings is 1. The lowest BCUT2D eigenvalue weighted by Crippen LogP contribution is -2.40. The van der Waals surface area contributed by atoms with Crippen molar-refractivity contribution < 1.29 is 13.2 Å². The molecule has 2 rings (SSSR count). The molecule has 0 unspecified atom stereocenters. The summed E-state index contributed by atoms with van der Waals surface area (Å²) in [5.41, 5.74) is 6.28. The molecule has 0 bridgehead atoms. The van der Waals surface area contributed by atoms with Crippen molar-refractivity contribution in [2.75, 3.05) is 22.8 Å². The van der Waals surface area contributed by atoms with Crippen LogP contribution in [0.25, 0.3) is 0 Å². The molecule has 0 radical (unpaired) electrons. The lowest BCUT2D eigenvalue weighted by Gasteiger charge is -2.25. The maximum Gasteiger partial charge on any atom is 0.231 e. The first-order chi connectivity index (χ1) is 9.85. The molecule has 0 aromatic heterocycles. The number of hydrogen-bond donors (Lipinski definition) is 3. The van der Waals surface area contributed by atoms with Crippen molar-refractivity contribution in [1.29, 1.82) is 0 Å². The molecule has 1 aliphatic carbocycles. The summed E-state index contributed by atoms with van der Waals surface area (Å²) in [6.07, 6.45) is 4.72. The Morgan fingerprint density at radius 1 is 1.29 bits per heavy atom. The van der Waals surface area contributed by atoms with Gasteiger partial charge in [-0.25, -0.2) is 8.42 Å². The number of sulfonamides is 1. The fourth-order valence-corrected chi connectivity index (χ4v) is 3.27. The Balaban J connectivity index is 2.12. The smallest absolute Gasteiger partial charge is 0.231 e. The predicted molar refractivity (Wildman–Crippen MR) is 83.5 cm³/mol. The van der Waals surface area contributed by atoms with E-state index in [0.717, 1.165) is 31.9 Å². The second-order valence-corrected chi connectivity index (χ2v) is 7.35. The van der Waals surface area contributed by atoms with Crippen molar-refractivity contribution in [3.63, 3.8) is 0 Å². The summed E-state index contributed by atoms with van der Waals surface area (Å²) in [4.78, 5) is 12.4. The summed E-state index contributed by atoms with van der Waals surface area (Å²) in [6, 6.07) is 6.64. The Kier molecular flexibility index (Phi) is 4.53. The number of anilines is 2. The number of hydrogen-bond acceptors (Lipinski definition) is 4. The van der Waals surface area contributed by atoms with Gasteiger partial charge in [0.1, 0.15) is 0 Å². The molecule has 1 aliphatic rings. The van der Waals surface area contributed by atoms with Crippen molar-refractivity contribution in [1.82, 2.24) is 0 Å². The van der Waals surface area contributed by atoms with Crippen LogP contribution in [0.15, 0.2) is 24.3 Å². The average molecular weight is 311 g/mol. The zero-order valence-electron chi connectivity index (χ0n) is 12.1. The van der Waals surface area contributed by atoms with Gasteiger partial charge in [-0.1, -0.05) is 18.9 Å². The van der Waals surface area contributed by atoms with Gasteiger partial charge in [-0.15, -0.1) is 0 Å². The molecule has 0 spiro atoms. The highest BCUT2D eigenvalue weighted by atomic mass is 32.2. The minimum Gasteiger partial charge on any atom is -0.329 e. The van der Waals surface area contributed by atoms with Gasteiger partial charge in [0.25, 0.3) is 0 Å². The Labute approximate surface area is 125 Å². The van der Waals surface area contributed by atoms with Crippen molar-refractivity contribution in [3.8, 4) is 0 Å². The third-order valence-corrected chi connectivity index (χ3v) is 4.46. The first-order valence-corrected chi connectivity index (χ1v) is 8.83. The van der Waals surface area contributed by atoms with E-state index in [4.69, 9.17) is 5.73 Å². The number of carbonyl (C=O) groups excluding carboxylic acids is 1. The van der Waals surface area contributed by atoms with Gasteiger partial charge in [0.2, 0.25) is 15.9 Å². The monoisotopic (exact) mass is 311 g/mol. The van der Waals surface area contributed by atoms with Crippen LogP contribution in [0, 0.1) is 5.41 Å². The number of nitrogens with two attached hydrogens (primary N) is 1. The van der Waals surface area contributed by atoms with Gasteiger partial charge < -0.3 is 11.1 Å². The Morgan fingerprint density at radius 2 is 1.90 bits per heavy atom. The molecule has 1 saturated carbocycles. The maximum atomic E-state index is 12.4. The van der Waals surface area contributed by atoms with Crippen molar-refractivity contribution >= 4 is 27.3 Å².